The van der Waals surface area contributed by atoms with E-state index in [1.165, 1.54) is 7.11 Å². The Morgan fingerprint density at radius 2 is 1.71 bits per heavy atom. The summed E-state index contributed by atoms with van der Waals surface area (Å²) in [4.78, 5) is 29.6. The molecule has 1 saturated carbocycles. The number of benzene rings is 2. The third kappa shape index (κ3) is 4.91. The van der Waals surface area contributed by atoms with E-state index in [4.69, 9.17) is 4.74 Å². The number of para-hydroxylation sites is 1. The van der Waals surface area contributed by atoms with Crippen molar-refractivity contribution in [1.29, 1.82) is 0 Å². The van der Waals surface area contributed by atoms with Crippen LogP contribution in [0, 0.1) is 5.92 Å². The molecule has 1 fully saturated rings. The summed E-state index contributed by atoms with van der Waals surface area (Å²) in [7, 11) is 1.41. The van der Waals surface area contributed by atoms with Gasteiger partial charge in [-0.05, 0) is 43.4 Å². The number of rotatable bonds is 6. The van der Waals surface area contributed by atoms with Crippen LogP contribution in [0.5, 0.6) is 0 Å². The number of hydrogen-bond acceptors (Lipinski definition) is 5. The molecule has 1 aliphatic rings. The molecule has 1 heterocycles. The van der Waals surface area contributed by atoms with Crippen LogP contribution in [0.3, 0.4) is 0 Å². The molecule has 31 heavy (non-hydrogen) atoms. The average Bonchev–Trinajstić information content (AvgIpc) is 2.83. The quantitative estimate of drug-likeness (QED) is 0.587. The maximum absolute atomic E-state index is 12.9. The molecule has 0 bridgehead atoms. The first-order valence-electron chi connectivity index (χ1n) is 10.7. The monoisotopic (exact) mass is 417 g/mol. The number of ether oxygens (including phenoxy) is 1. The van der Waals surface area contributed by atoms with Gasteiger partial charge in [-0.3, -0.25) is 15.1 Å². The Morgan fingerprint density at radius 1 is 0.968 bits per heavy atom. The van der Waals surface area contributed by atoms with Crippen LogP contribution in [0.25, 0.3) is 10.9 Å². The van der Waals surface area contributed by atoms with Gasteiger partial charge in [0, 0.05) is 23.5 Å². The highest BCUT2D eigenvalue weighted by Gasteiger charge is 2.30. The van der Waals surface area contributed by atoms with Crippen LogP contribution in [-0.2, 0) is 14.3 Å². The fraction of sp³-hybridized carbons (Fsp3) is 0.320. The van der Waals surface area contributed by atoms with Gasteiger partial charge < -0.3 is 10.1 Å². The van der Waals surface area contributed by atoms with Gasteiger partial charge in [0.05, 0.1) is 18.3 Å². The van der Waals surface area contributed by atoms with Gasteiger partial charge in [0.15, 0.2) is 0 Å². The summed E-state index contributed by atoms with van der Waals surface area (Å²) >= 11 is 0. The smallest absolute Gasteiger partial charge is 0.327 e. The molecule has 2 aromatic carbocycles. The van der Waals surface area contributed by atoms with Crippen molar-refractivity contribution in [2.75, 3.05) is 12.4 Å². The Balaban J connectivity index is 1.36. The minimum atomic E-state index is -0.497. The number of esters is 1. The molecule has 1 aliphatic carbocycles. The molecule has 6 heteroatoms. The normalized spacial score (nSPS) is 19.5. The third-order valence-corrected chi connectivity index (χ3v) is 5.96. The number of amides is 1. The number of aromatic nitrogens is 1. The minimum absolute atomic E-state index is 0.0316. The fourth-order valence-electron chi connectivity index (χ4n) is 4.26. The van der Waals surface area contributed by atoms with E-state index in [-0.39, 0.29) is 23.8 Å². The molecular weight excluding hydrogens is 390 g/mol. The zero-order valence-corrected chi connectivity index (χ0v) is 17.6. The topological polar surface area (TPSA) is 80.3 Å². The van der Waals surface area contributed by atoms with E-state index in [9.17, 15) is 9.59 Å². The summed E-state index contributed by atoms with van der Waals surface area (Å²) < 4.78 is 5.00. The van der Waals surface area contributed by atoms with Crippen molar-refractivity contribution in [3.8, 4) is 0 Å². The van der Waals surface area contributed by atoms with E-state index >= 15 is 0 Å². The first kappa shape index (κ1) is 21.0. The summed E-state index contributed by atoms with van der Waals surface area (Å²) in [5.74, 6) is -0.316. The zero-order valence-electron chi connectivity index (χ0n) is 17.6. The van der Waals surface area contributed by atoms with E-state index in [1.54, 1.807) is 6.20 Å². The number of carbonyl (C=O) groups is 2. The summed E-state index contributed by atoms with van der Waals surface area (Å²) in [5.41, 5.74) is 2.44. The molecule has 160 valence electrons. The Bertz CT molecular complexity index is 1040. The fourth-order valence-corrected chi connectivity index (χ4v) is 4.26. The number of nitrogens with zero attached hydrogens (tertiary/aromatic N) is 1. The van der Waals surface area contributed by atoms with E-state index < -0.39 is 6.04 Å². The Labute approximate surface area is 182 Å². The van der Waals surface area contributed by atoms with Crippen molar-refractivity contribution in [3.63, 3.8) is 0 Å². The summed E-state index contributed by atoms with van der Waals surface area (Å²) in [6.07, 6.45) is 4.92. The minimum Gasteiger partial charge on any atom is -0.468 e. The van der Waals surface area contributed by atoms with Crippen LogP contribution in [0.1, 0.15) is 37.3 Å². The molecule has 6 nitrogen and oxygen atoms in total. The molecule has 0 saturated heterocycles. The van der Waals surface area contributed by atoms with Gasteiger partial charge >= 0.3 is 5.97 Å². The Kier molecular flexibility index (Phi) is 6.57. The van der Waals surface area contributed by atoms with Crippen LogP contribution in [-0.4, -0.2) is 30.0 Å². The lowest BCUT2D eigenvalue weighted by Crippen LogP contribution is -2.41. The molecule has 1 aromatic heterocycles. The van der Waals surface area contributed by atoms with Gasteiger partial charge in [-0.25, -0.2) is 4.79 Å². The standard InChI is InChI=1S/C25H27N3O3/c1-31-25(30)23(18-7-3-2-4-8-18)27-20-14-12-19(13-15-20)24(29)28-21-11-5-9-17-10-6-16-26-22(17)21/h2-11,16,19-20,23,27H,12-15H2,1H3,(H,28,29)/t19-,20-,23-/m0/s1. The van der Waals surface area contributed by atoms with E-state index in [2.05, 4.69) is 15.6 Å². The predicted octanol–water partition coefficient (Wildman–Crippen LogP) is 4.24. The number of hydrogen-bond donors (Lipinski definition) is 2. The number of carbonyl (C=O) groups excluding carboxylic acids is 2. The van der Waals surface area contributed by atoms with Gasteiger partial charge in [0.1, 0.15) is 6.04 Å². The highest BCUT2D eigenvalue weighted by Crippen LogP contribution is 2.29. The molecule has 2 N–H and O–H groups in total. The third-order valence-electron chi connectivity index (χ3n) is 5.96. The lowest BCUT2D eigenvalue weighted by molar-refractivity contribution is -0.143. The molecular formula is C25H27N3O3. The Hall–Kier alpha value is -3.25. The largest absolute Gasteiger partial charge is 0.468 e. The van der Waals surface area contributed by atoms with Crippen LogP contribution >= 0.6 is 0 Å². The number of anilines is 1. The lowest BCUT2D eigenvalue weighted by atomic mass is 9.85. The second-order valence-corrected chi connectivity index (χ2v) is 7.95. The van der Waals surface area contributed by atoms with Crippen molar-refractivity contribution in [2.24, 2.45) is 5.92 Å². The van der Waals surface area contributed by atoms with Gasteiger partial charge in [0.2, 0.25) is 5.91 Å². The SMILES string of the molecule is COC(=O)[C@@H](N[C@H]1CC[C@H](C(=O)Nc2cccc3cccnc23)CC1)c1ccccc1. The average molecular weight is 418 g/mol. The van der Waals surface area contributed by atoms with Crippen molar-refractivity contribution < 1.29 is 14.3 Å². The number of nitrogens with one attached hydrogen (secondary N) is 2. The first-order valence-corrected chi connectivity index (χ1v) is 10.7. The molecule has 0 unspecified atom stereocenters. The zero-order chi connectivity index (χ0) is 21.6. The van der Waals surface area contributed by atoms with E-state index in [0.29, 0.717) is 0 Å². The predicted molar refractivity (Wildman–Crippen MR) is 120 cm³/mol. The molecule has 1 amide bonds. The van der Waals surface area contributed by atoms with E-state index in [0.717, 1.165) is 47.8 Å². The van der Waals surface area contributed by atoms with Crippen molar-refractivity contribution >= 4 is 28.5 Å². The molecule has 1 atom stereocenters. The molecule has 0 radical (unpaired) electrons. The molecule has 4 rings (SSSR count). The second kappa shape index (κ2) is 9.71. The number of pyridine rings is 1. The number of fused-ring (bicyclic) bond motifs is 1. The molecule has 0 spiro atoms. The summed E-state index contributed by atoms with van der Waals surface area (Å²) in [6.45, 7) is 0. The van der Waals surface area contributed by atoms with Crippen LogP contribution in [0.2, 0.25) is 0 Å². The maximum atomic E-state index is 12.9. The summed E-state index contributed by atoms with van der Waals surface area (Å²) in [6, 6.07) is 18.9. The van der Waals surface area contributed by atoms with Crippen LogP contribution in [0.4, 0.5) is 5.69 Å². The summed E-state index contributed by atoms with van der Waals surface area (Å²) in [5, 5.41) is 7.51. The lowest BCUT2D eigenvalue weighted by Gasteiger charge is -2.31. The molecule has 3 aromatic rings. The maximum Gasteiger partial charge on any atom is 0.327 e. The highest BCUT2D eigenvalue weighted by atomic mass is 16.5. The van der Waals surface area contributed by atoms with Crippen LogP contribution < -0.4 is 10.6 Å². The highest BCUT2D eigenvalue weighted by molar-refractivity contribution is 6.01. The van der Waals surface area contributed by atoms with Crippen molar-refractivity contribution in [3.05, 3.63) is 72.4 Å². The Morgan fingerprint density at radius 3 is 2.45 bits per heavy atom. The van der Waals surface area contributed by atoms with Gasteiger partial charge in [0.25, 0.3) is 0 Å². The number of methoxy groups -OCH3 is 1. The van der Waals surface area contributed by atoms with Crippen LogP contribution in [0.15, 0.2) is 66.9 Å². The van der Waals surface area contributed by atoms with Crippen molar-refractivity contribution in [1.82, 2.24) is 10.3 Å². The molecule has 0 aliphatic heterocycles. The van der Waals surface area contributed by atoms with E-state index in [1.807, 2.05) is 60.7 Å². The second-order valence-electron chi connectivity index (χ2n) is 7.95. The van der Waals surface area contributed by atoms with Gasteiger partial charge in [-0.1, -0.05) is 48.5 Å². The van der Waals surface area contributed by atoms with Gasteiger partial charge in [-0.15, -0.1) is 0 Å². The first-order chi connectivity index (χ1) is 15.2. The van der Waals surface area contributed by atoms with Crippen molar-refractivity contribution in [2.45, 2.75) is 37.8 Å². The van der Waals surface area contributed by atoms with Gasteiger partial charge in [-0.2, -0.15) is 0 Å².